The zero-order valence-electron chi connectivity index (χ0n) is 58.5. The fourth-order valence-corrected chi connectivity index (χ4v) is 16.6. The molecule has 8 N–H and O–H groups in total. The SMILES string of the molecule is CC(=O)N1CCC(C(=O)N2CCc3cc(C(=O)NO)ccc3C2)CC1.CC(C)c1ccc(CC(=O)N2CCc3cc(C(=O)NO)ccc3C2)cc1.COc1cccc(CC(=O)N2CCc3cc(C(=O)NO)ccc3C2)c1.O=C(NO)c1ccc2c(c1)CCN(C(=O)C13CC4CC(CC(C4)C1)C3)C2. The van der Waals surface area contributed by atoms with E-state index < -0.39 is 23.6 Å². The quantitative estimate of drug-likeness (QED) is 0.0419. The fraction of sp³-hybridized carbons (Fsp3) is 0.430. The van der Waals surface area contributed by atoms with E-state index in [4.69, 9.17) is 25.6 Å². The summed E-state index contributed by atoms with van der Waals surface area (Å²) in [5, 5.41) is 35.0. The first-order valence-corrected chi connectivity index (χ1v) is 35.5. The first-order chi connectivity index (χ1) is 49.1. The van der Waals surface area contributed by atoms with Crippen LogP contribution < -0.4 is 26.7 Å². The molecule has 5 heterocycles. The van der Waals surface area contributed by atoms with E-state index in [9.17, 15) is 43.2 Å². The van der Waals surface area contributed by atoms with Crippen LogP contribution in [0, 0.1) is 29.1 Å². The zero-order chi connectivity index (χ0) is 72.4. The Balaban J connectivity index is 0.000000137. The third-order valence-electron chi connectivity index (χ3n) is 21.9. The number of likely N-dealkylation sites (tertiary alicyclic amines) is 1. The number of hydrogen-bond acceptors (Lipinski definition) is 14. The molecule has 538 valence electrons. The summed E-state index contributed by atoms with van der Waals surface area (Å²) in [5.74, 6) is 2.28. The minimum atomic E-state index is -0.529. The van der Waals surface area contributed by atoms with Crippen LogP contribution in [0.25, 0.3) is 0 Å². The predicted octanol–water partition coefficient (Wildman–Crippen LogP) is 8.85. The van der Waals surface area contributed by atoms with Gasteiger partial charge in [0, 0.05) is 101 Å². The summed E-state index contributed by atoms with van der Waals surface area (Å²) in [6.07, 6.45) is 12.4. The smallest absolute Gasteiger partial charge is 0.274 e. The van der Waals surface area contributed by atoms with Crippen LogP contribution in [0.5, 0.6) is 5.75 Å². The third kappa shape index (κ3) is 17.4. The molecule has 4 aliphatic carbocycles. The van der Waals surface area contributed by atoms with Crippen LogP contribution in [-0.4, -0.2) is 145 Å². The molecule has 23 nitrogen and oxygen atoms in total. The van der Waals surface area contributed by atoms with E-state index in [0.717, 1.165) is 124 Å². The molecule has 1 saturated heterocycles. The van der Waals surface area contributed by atoms with Crippen molar-refractivity contribution in [1.29, 1.82) is 0 Å². The van der Waals surface area contributed by atoms with E-state index in [1.807, 2.05) is 81.4 Å². The van der Waals surface area contributed by atoms with Crippen molar-refractivity contribution in [2.45, 2.75) is 143 Å². The molecular formula is C79H93N9O14. The highest BCUT2D eigenvalue weighted by Crippen LogP contribution is 2.61. The Morgan fingerprint density at radius 2 is 0.833 bits per heavy atom. The molecule has 4 bridgehead atoms. The molecule has 4 saturated carbocycles. The number of amides is 9. The van der Waals surface area contributed by atoms with E-state index in [0.29, 0.717) is 125 Å². The summed E-state index contributed by atoms with van der Waals surface area (Å²) < 4.78 is 5.19. The van der Waals surface area contributed by atoms with Gasteiger partial charge in [-0.1, -0.05) is 74.5 Å². The molecule has 6 aromatic carbocycles. The highest BCUT2D eigenvalue weighted by Gasteiger charge is 2.56. The molecule has 5 aliphatic heterocycles. The largest absolute Gasteiger partial charge is 0.497 e. The lowest BCUT2D eigenvalue weighted by atomic mass is 9.49. The first-order valence-electron chi connectivity index (χ1n) is 35.5. The Labute approximate surface area is 594 Å². The molecule has 0 unspecified atom stereocenters. The molecular weight excluding hydrogens is 1300 g/mol. The van der Waals surface area contributed by atoms with Crippen molar-refractivity contribution >= 4 is 53.2 Å². The average molecular weight is 1390 g/mol. The number of fused-ring (bicyclic) bond motifs is 4. The highest BCUT2D eigenvalue weighted by atomic mass is 16.5. The highest BCUT2D eigenvalue weighted by molar-refractivity contribution is 5.95. The van der Waals surface area contributed by atoms with Gasteiger partial charge in [-0.2, -0.15) is 0 Å². The molecule has 0 atom stereocenters. The van der Waals surface area contributed by atoms with Crippen molar-refractivity contribution in [3.8, 4) is 5.75 Å². The van der Waals surface area contributed by atoms with Crippen LogP contribution in [0.1, 0.15) is 181 Å². The predicted molar refractivity (Wildman–Crippen MR) is 376 cm³/mol. The number of hydrogen-bond donors (Lipinski definition) is 8. The molecule has 0 spiro atoms. The Hall–Kier alpha value is -9.81. The number of piperidine rings is 1. The topological polar surface area (TPSA) is 308 Å². The van der Waals surface area contributed by atoms with E-state index in [2.05, 4.69) is 30.9 Å². The van der Waals surface area contributed by atoms with Gasteiger partial charge in [0.1, 0.15) is 5.75 Å². The molecule has 9 amide bonds. The van der Waals surface area contributed by atoms with Crippen LogP contribution >= 0.6 is 0 Å². The van der Waals surface area contributed by atoms with Gasteiger partial charge >= 0.3 is 0 Å². The summed E-state index contributed by atoms with van der Waals surface area (Å²) in [4.78, 5) is 118. The molecule has 15 rings (SSSR count). The second-order valence-corrected chi connectivity index (χ2v) is 28.9. The van der Waals surface area contributed by atoms with Gasteiger partial charge in [-0.25, -0.2) is 21.9 Å². The summed E-state index contributed by atoms with van der Waals surface area (Å²) in [5.41, 5.74) is 20.0. The average Bonchev–Trinajstić information content (AvgIpc) is 0.734. The van der Waals surface area contributed by atoms with E-state index >= 15 is 0 Å². The Kier molecular flexibility index (Phi) is 23.7. The third-order valence-corrected chi connectivity index (χ3v) is 21.9. The minimum Gasteiger partial charge on any atom is -0.497 e. The monoisotopic (exact) mass is 1390 g/mol. The van der Waals surface area contributed by atoms with Crippen LogP contribution in [0.3, 0.4) is 0 Å². The van der Waals surface area contributed by atoms with Gasteiger partial charge in [-0.3, -0.25) is 64.0 Å². The van der Waals surface area contributed by atoms with Gasteiger partial charge in [0.25, 0.3) is 23.6 Å². The van der Waals surface area contributed by atoms with Gasteiger partial charge in [-0.05, 0) is 223 Å². The van der Waals surface area contributed by atoms with Crippen molar-refractivity contribution in [2.75, 3.05) is 46.4 Å². The van der Waals surface area contributed by atoms with Crippen molar-refractivity contribution in [3.63, 3.8) is 0 Å². The van der Waals surface area contributed by atoms with Crippen LogP contribution in [0.15, 0.2) is 121 Å². The van der Waals surface area contributed by atoms with E-state index in [-0.39, 0.29) is 35.0 Å². The lowest BCUT2D eigenvalue weighted by Crippen LogP contribution is -2.55. The van der Waals surface area contributed by atoms with Crippen molar-refractivity contribution in [1.82, 2.24) is 46.4 Å². The maximum atomic E-state index is 13.5. The number of nitrogens with one attached hydrogen (secondary N) is 4. The minimum absolute atomic E-state index is 0.0170. The number of carbonyl (C=O) groups is 9. The summed E-state index contributed by atoms with van der Waals surface area (Å²) in [7, 11) is 1.60. The van der Waals surface area contributed by atoms with E-state index in [1.54, 1.807) is 83.3 Å². The molecule has 102 heavy (non-hydrogen) atoms. The van der Waals surface area contributed by atoms with Crippen molar-refractivity contribution in [2.24, 2.45) is 29.1 Å². The number of methoxy groups -OCH3 is 1. The Bertz CT molecular complexity index is 4090. The second-order valence-electron chi connectivity index (χ2n) is 28.9. The van der Waals surface area contributed by atoms with Gasteiger partial charge in [0.2, 0.25) is 29.5 Å². The van der Waals surface area contributed by atoms with Crippen LogP contribution in [0.2, 0.25) is 0 Å². The lowest BCUT2D eigenvalue weighted by Gasteiger charge is -2.56. The number of nitrogens with zero attached hydrogens (tertiary/aromatic N) is 5. The first kappa shape index (κ1) is 73.4. The maximum Gasteiger partial charge on any atom is 0.274 e. The number of carbonyl (C=O) groups excluding carboxylic acids is 9. The van der Waals surface area contributed by atoms with E-state index in [1.165, 1.54) is 24.8 Å². The van der Waals surface area contributed by atoms with Gasteiger partial charge in [0.15, 0.2) is 0 Å². The molecule has 0 aromatic heterocycles. The summed E-state index contributed by atoms with van der Waals surface area (Å²) in [6, 6.07) is 37.1. The van der Waals surface area contributed by atoms with Crippen molar-refractivity contribution < 1.29 is 68.7 Å². The molecule has 6 aromatic rings. The number of benzene rings is 6. The standard InChI is InChI=1S/C21H26N2O3.C21H24N2O3.C19H20N2O4.C18H23N3O4/c24-19(22-26)17-1-2-18-12-23(4-3-16(18)8-17)20(25)21-9-13-5-14(10-21)7-15(6-13)11-21;1-14(2)16-5-3-15(4-6-16)11-20(24)23-10-9-17-12-18(21(25)22-26)7-8-19(17)13-23;1-25-17-4-2-3-13(9-17)10-18(22)21-8-7-14-11-15(19(23)20-24)5-6-16(14)12-21;1-12(22)20-7-4-13(5-8-20)18(24)21-9-6-14-10-15(17(23)19-25)2-3-16(14)11-21/h1-2,8,13-15,26H,3-7,9-12H2,(H,22,24);3-8,12,14,26H,9-11,13H2,1-2H3,(H,22,25);2-6,9,11,24H,7-8,10,12H2,1H3,(H,20,23);2-3,10,13,25H,4-9,11H2,1H3,(H,19,23). The van der Waals surface area contributed by atoms with Gasteiger partial charge in [-0.15, -0.1) is 0 Å². The van der Waals surface area contributed by atoms with Crippen LogP contribution in [-0.2, 0) is 88.7 Å². The van der Waals surface area contributed by atoms with Crippen molar-refractivity contribution in [3.05, 3.63) is 205 Å². The van der Waals surface area contributed by atoms with Crippen LogP contribution in [0.4, 0.5) is 0 Å². The summed E-state index contributed by atoms with van der Waals surface area (Å²) in [6.45, 7) is 12.1. The molecule has 23 heteroatoms. The molecule has 0 radical (unpaired) electrons. The normalized spacial score (nSPS) is 19.8. The summed E-state index contributed by atoms with van der Waals surface area (Å²) >= 11 is 0. The number of rotatable bonds is 12. The Morgan fingerprint density at radius 1 is 0.451 bits per heavy atom. The zero-order valence-corrected chi connectivity index (χ0v) is 58.5. The molecule has 5 fully saturated rings. The number of ether oxygens (including phenoxy) is 1. The van der Waals surface area contributed by atoms with Gasteiger partial charge in [0.05, 0.1) is 25.4 Å². The number of hydroxylamine groups is 4. The second kappa shape index (κ2) is 32.9. The Morgan fingerprint density at radius 3 is 1.23 bits per heavy atom. The molecule has 9 aliphatic rings. The fourth-order valence-electron chi connectivity index (χ4n) is 16.6. The van der Waals surface area contributed by atoms with Gasteiger partial charge < -0.3 is 29.2 Å². The maximum absolute atomic E-state index is 13.5. The lowest BCUT2D eigenvalue weighted by molar-refractivity contribution is -0.158.